The molecule has 20 heavy (non-hydrogen) atoms. The molecule has 14 heteroatoms. The average molecular weight is 325 g/mol. The Morgan fingerprint density at radius 2 is 1.25 bits per heavy atom. The molecular weight excluding hydrogens is 311 g/mol. The maximum Gasteiger partial charge on any atom is 1.00 e. The van der Waals surface area contributed by atoms with Crippen LogP contribution in [0.5, 0.6) is 0 Å². The molecule has 0 radical (unpaired) electrons. The summed E-state index contributed by atoms with van der Waals surface area (Å²) in [6.45, 7) is 0. The summed E-state index contributed by atoms with van der Waals surface area (Å²) < 4.78 is 0. The molecule has 11 N–H and O–H groups in total. The summed E-state index contributed by atoms with van der Waals surface area (Å²) in [5, 5.41) is 47.8. The fourth-order valence-corrected chi connectivity index (χ4v) is 0.695. The number of rotatable bonds is 5. The Labute approximate surface area is 181 Å². The van der Waals surface area contributed by atoms with E-state index < -0.39 is 36.0 Å². The van der Waals surface area contributed by atoms with Gasteiger partial charge in [-0.15, -0.1) is 0 Å². The molecular formula is C6H14N3Na3O8. The van der Waals surface area contributed by atoms with Crippen LogP contribution >= 0.6 is 0 Å². The van der Waals surface area contributed by atoms with E-state index in [0.29, 0.717) is 0 Å². The predicted octanol–water partition coefficient (Wildman–Crippen LogP) is -14.8. The van der Waals surface area contributed by atoms with Gasteiger partial charge in [0.2, 0.25) is 0 Å². The van der Waals surface area contributed by atoms with Crippen LogP contribution in [0.25, 0.3) is 0 Å². The van der Waals surface area contributed by atoms with E-state index in [2.05, 4.69) is 0 Å². The molecule has 0 aromatic heterocycles. The van der Waals surface area contributed by atoms with Crippen LogP contribution in [0, 0.1) is 0 Å². The third kappa shape index (κ3) is 12.9. The molecule has 2 atom stereocenters. The van der Waals surface area contributed by atoms with E-state index >= 15 is 0 Å². The summed E-state index contributed by atoms with van der Waals surface area (Å²) in [4.78, 5) is 30.2. The minimum Gasteiger partial charge on any atom is -0.550 e. The largest absolute Gasteiger partial charge is 1.00 e. The van der Waals surface area contributed by atoms with Crippen molar-refractivity contribution < 1.29 is 129 Å². The van der Waals surface area contributed by atoms with Gasteiger partial charge >= 0.3 is 88.7 Å². The maximum absolute atomic E-state index is 10.2. The molecule has 0 fully saturated rings. The van der Waals surface area contributed by atoms with Crippen LogP contribution < -0.4 is 122 Å². The van der Waals surface area contributed by atoms with Crippen molar-refractivity contribution in [2.24, 2.45) is 0 Å². The number of aliphatic carboxylic acids is 3. The van der Waals surface area contributed by atoms with Gasteiger partial charge in [-0.05, 0) is 0 Å². The van der Waals surface area contributed by atoms with Crippen LogP contribution in [0.15, 0.2) is 0 Å². The van der Waals surface area contributed by atoms with E-state index in [1.54, 1.807) is 0 Å². The number of carbonyl (C=O) groups excluding carboxylic acids is 3. The van der Waals surface area contributed by atoms with Gasteiger partial charge in [0.25, 0.3) is 0 Å². The molecule has 0 aliphatic carbocycles. The molecule has 0 aliphatic heterocycles. The first-order chi connectivity index (χ1) is 6.21. The second kappa shape index (κ2) is 18.3. The third-order valence-corrected chi connectivity index (χ3v) is 1.44. The summed E-state index contributed by atoms with van der Waals surface area (Å²) >= 11 is 0. The number of hydrogen-bond acceptors (Lipinski definition) is 11. The first kappa shape index (κ1) is 42.9. The van der Waals surface area contributed by atoms with Gasteiger partial charge in [-0.3, -0.25) is 0 Å². The van der Waals surface area contributed by atoms with Crippen molar-refractivity contribution in [2.45, 2.75) is 18.1 Å². The van der Waals surface area contributed by atoms with Crippen molar-refractivity contribution in [3.8, 4) is 0 Å². The predicted molar refractivity (Wildman–Crippen MR) is 45.7 cm³/mol. The Morgan fingerprint density at radius 3 is 1.40 bits per heavy atom. The minimum atomic E-state index is -3.46. The minimum absolute atomic E-state index is 0. The SMILES string of the molecule is N.N.N.O=C([O-])CC(O)(C(=O)[O-])C(O)C(=O)[O-].[Na+].[Na+].[Na+]. The summed E-state index contributed by atoms with van der Waals surface area (Å²) in [6.07, 6.45) is -4.53. The molecule has 0 heterocycles. The molecule has 0 amide bonds. The Balaban J connectivity index is -0.0000000563. The second-order valence-electron chi connectivity index (χ2n) is 2.48. The number of aliphatic hydroxyl groups is 2. The Kier molecular flexibility index (Phi) is 39.2. The van der Waals surface area contributed by atoms with Gasteiger partial charge in [-0.1, -0.05) is 0 Å². The van der Waals surface area contributed by atoms with E-state index in [9.17, 15) is 29.7 Å². The van der Waals surface area contributed by atoms with Gasteiger partial charge in [-0.2, -0.15) is 0 Å². The Hall–Kier alpha value is 1.21. The zero-order chi connectivity index (χ0) is 11.5. The number of carboxylic acids is 3. The monoisotopic (exact) mass is 325 g/mol. The molecule has 0 aliphatic rings. The van der Waals surface area contributed by atoms with Gasteiger partial charge in [0.1, 0.15) is 11.7 Å². The van der Waals surface area contributed by atoms with Crippen LogP contribution in [-0.4, -0.2) is 39.8 Å². The van der Waals surface area contributed by atoms with Crippen molar-refractivity contribution in [3.63, 3.8) is 0 Å². The van der Waals surface area contributed by atoms with E-state index in [0.717, 1.165) is 0 Å². The van der Waals surface area contributed by atoms with Gasteiger partial charge in [0.15, 0.2) is 0 Å². The third-order valence-electron chi connectivity index (χ3n) is 1.44. The van der Waals surface area contributed by atoms with Crippen LogP contribution in [0.3, 0.4) is 0 Å². The number of hydrogen-bond donors (Lipinski definition) is 5. The van der Waals surface area contributed by atoms with Crippen molar-refractivity contribution in [3.05, 3.63) is 0 Å². The molecule has 0 spiro atoms. The molecule has 104 valence electrons. The van der Waals surface area contributed by atoms with E-state index in [1.165, 1.54) is 0 Å². The van der Waals surface area contributed by atoms with E-state index in [4.69, 9.17) is 10.2 Å². The van der Waals surface area contributed by atoms with Crippen molar-refractivity contribution >= 4 is 17.9 Å². The van der Waals surface area contributed by atoms with Gasteiger partial charge in [-0.25, -0.2) is 0 Å². The summed E-state index contributed by atoms with van der Waals surface area (Å²) in [7, 11) is 0. The maximum atomic E-state index is 10.2. The zero-order valence-corrected chi connectivity index (χ0v) is 17.7. The first-order valence-electron chi connectivity index (χ1n) is 3.24. The van der Waals surface area contributed by atoms with Crippen molar-refractivity contribution in [1.29, 1.82) is 0 Å². The second-order valence-corrected chi connectivity index (χ2v) is 2.48. The number of aliphatic hydroxyl groups excluding tert-OH is 1. The smallest absolute Gasteiger partial charge is 0.550 e. The molecule has 0 aromatic rings. The molecule has 11 nitrogen and oxygen atoms in total. The molecule has 0 rings (SSSR count). The van der Waals surface area contributed by atoms with Crippen molar-refractivity contribution in [2.75, 3.05) is 0 Å². The van der Waals surface area contributed by atoms with Crippen LogP contribution in [-0.2, 0) is 14.4 Å². The fraction of sp³-hybridized carbons (Fsp3) is 0.500. The van der Waals surface area contributed by atoms with Gasteiger partial charge < -0.3 is 58.4 Å². The molecule has 0 aromatic carbocycles. The number of carboxylic acid groups (broad SMARTS) is 3. The molecule has 2 unspecified atom stereocenters. The standard InChI is InChI=1S/C6H8O8.3H3N.3Na/c7-2(8)1-6(14,5(12)13)3(9)4(10)11;;;;;;/h3,9,14H,1H2,(H,7,8)(H,10,11)(H,12,13);3*1H3;;;/q;;;;3*+1/p-3. The zero-order valence-electron chi connectivity index (χ0n) is 11.7. The normalized spacial score (nSPS) is 11.7. The van der Waals surface area contributed by atoms with Gasteiger partial charge in [0.05, 0.1) is 11.9 Å². The van der Waals surface area contributed by atoms with Crippen LogP contribution in [0.1, 0.15) is 6.42 Å². The Bertz CT molecular complexity index is 295. The van der Waals surface area contributed by atoms with E-state index in [-0.39, 0.29) is 107 Å². The quantitative estimate of drug-likeness (QED) is 0.296. The molecule has 0 bridgehead atoms. The molecule has 0 saturated heterocycles. The van der Waals surface area contributed by atoms with Crippen LogP contribution in [0.4, 0.5) is 0 Å². The van der Waals surface area contributed by atoms with Gasteiger partial charge in [0, 0.05) is 12.4 Å². The van der Waals surface area contributed by atoms with Crippen LogP contribution in [0.2, 0.25) is 0 Å². The summed E-state index contributed by atoms with van der Waals surface area (Å²) in [6, 6.07) is 0. The fourth-order valence-electron chi connectivity index (χ4n) is 0.695. The summed E-state index contributed by atoms with van der Waals surface area (Å²) in [5.41, 5.74) is -3.46. The van der Waals surface area contributed by atoms with E-state index in [1.807, 2.05) is 0 Å². The Morgan fingerprint density at radius 1 is 0.950 bits per heavy atom. The summed E-state index contributed by atoms with van der Waals surface area (Å²) in [5.74, 6) is -6.84. The van der Waals surface area contributed by atoms with Crippen molar-refractivity contribution in [1.82, 2.24) is 18.5 Å². The number of carbonyl (C=O) groups is 3. The molecule has 0 saturated carbocycles. The first-order valence-corrected chi connectivity index (χ1v) is 3.24. The average Bonchev–Trinajstić information content (AvgIpc) is 2.00. The topological polar surface area (TPSA) is 266 Å².